The van der Waals surface area contributed by atoms with Crippen molar-refractivity contribution in [3.05, 3.63) is 48.0 Å². The first kappa shape index (κ1) is 21.6. The highest BCUT2D eigenvalue weighted by Crippen LogP contribution is 2.43. The molecule has 9 heteroatoms. The molecule has 7 nitrogen and oxygen atoms in total. The van der Waals surface area contributed by atoms with Crippen LogP contribution in [0.4, 0.5) is 20.5 Å². The van der Waals surface area contributed by atoms with Gasteiger partial charge in [-0.25, -0.2) is 4.98 Å². The maximum absolute atomic E-state index is 13.4. The Bertz CT molecular complexity index is 1150. The summed E-state index contributed by atoms with van der Waals surface area (Å²) in [6, 6.07) is 13.6. The minimum Gasteiger partial charge on any atom is -0.395 e. The summed E-state index contributed by atoms with van der Waals surface area (Å²) in [5.74, 6) is 1.74. The first-order chi connectivity index (χ1) is 15.9. The monoisotopic (exact) mass is 455 g/mol. The first-order valence-corrected chi connectivity index (χ1v) is 11.2. The predicted octanol–water partition coefficient (Wildman–Crippen LogP) is 4.53. The lowest BCUT2D eigenvalue weighted by Crippen LogP contribution is -2.37. The number of benzene rings is 2. The van der Waals surface area contributed by atoms with E-state index in [1.165, 1.54) is 6.07 Å². The summed E-state index contributed by atoms with van der Waals surface area (Å²) < 4.78 is 36.0. The largest absolute Gasteiger partial charge is 0.586 e. The normalized spacial score (nSPS) is 21.2. The molecule has 5 rings (SSSR count). The van der Waals surface area contributed by atoms with Gasteiger partial charge in [0.05, 0.1) is 5.52 Å². The summed E-state index contributed by atoms with van der Waals surface area (Å²) in [4.78, 5) is 11.4. The van der Waals surface area contributed by atoms with Gasteiger partial charge in [0.1, 0.15) is 5.82 Å². The Morgan fingerprint density at radius 1 is 0.970 bits per heavy atom. The number of anilines is 2. The third kappa shape index (κ3) is 4.64. The molecule has 33 heavy (non-hydrogen) atoms. The van der Waals surface area contributed by atoms with Crippen molar-refractivity contribution >= 4 is 22.7 Å². The van der Waals surface area contributed by atoms with Crippen LogP contribution in [-0.4, -0.2) is 42.4 Å². The van der Waals surface area contributed by atoms with Crippen molar-refractivity contribution in [2.24, 2.45) is 0 Å². The number of hydrogen-bond donors (Lipinski definition) is 2. The van der Waals surface area contributed by atoms with E-state index in [4.69, 9.17) is 9.97 Å². The van der Waals surface area contributed by atoms with Crippen molar-refractivity contribution in [1.82, 2.24) is 15.3 Å². The van der Waals surface area contributed by atoms with Crippen LogP contribution in [0.15, 0.2) is 42.5 Å². The summed E-state index contributed by atoms with van der Waals surface area (Å²) >= 11 is 0. The molecule has 2 aromatic carbocycles. The van der Waals surface area contributed by atoms with Crippen molar-refractivity contribution in [3.63, 3.8) is 0 Å². The van der Waals surface area contributed by atoms with Crippen LogP contribution in [0, 0.1) is 0 Å². The van der Waals surface area contributed by atoms with Gasteiger partial charge in [-0.2, -0.15) is 4.98 Å². The number of rotatable bonds is 6. The molecule has 0 bridgehead atoms. The Labute approximate surface area is 191 Å². The molecule has 2 heterocycles. The van der Waals surface area contributed by atoms with Crippen LogP contribution < -0.4 is 25.0 Å². The van der Waals surface area contributed by atoms with Crippen LogP contribution in [0.3, 0.4) is 0 Å². The lowest BCUT2D eigenvalue weighted by molar-refractivity contribution is -0.286. The Morgan fingerprint density at radius 2 is 1.73 bits per heavy atom. The summed E-state index contributed by atoms with van der Waals surface area (Å²) in [6.45, 7) is 0.450. The second kappa shape index (κ2) is 8.62. The van der Waals surface area contributed by atoms with Crippen LogP contribution in [0.5, 0.6) is 11.5 Å². The van der Waals surface area contributed by atoms with E-state index >= 15 is 0 Å². The molecule has 3 aromatic rings. The highest BCUT2D eigenvalue weighted by Gasteiger charge is 2.44. The fourth-order valence-corrected chi connectivity index (χ4v) is 4.51. The third-order valence-corrected chi connectivity index (χ3v) is 6.16. The average Bonchev–Trinajstić information content (AvgIpc) is 3.12. The van der Waals surface area contributed by atoms with Crippen molar-refractivity contribution in [2.75, 3.05) is 24.3 Å². The van der Waals surface area contributed by atoms with Crippen molar-refractivity contribution in [3.8, 4) is 11.5 Å². The average molecular weight is 456 g/mol. The Hall–Kier alpha value is -3.20. The second-order valence-electron chi connectivity index (χ2n) is 8.77. The SMILES string of the molecule is CN(C)c1nc(NC2CCC(NCc3cccc4c3OC(F)(F)O4)CC2)nc2ccccc12. The Balaban J connectivity index is 1.18. The van der Waals surface area contributed by atoms with Gasteiger partial charge in [-0.05, 0) is 43.9 Å². The smallest absolute Gasteiger partial charge is 0.395 e. The molecule has 2 N–H and O–H groups in total. The first-order valence-electron chi connectivity index (χ1n) is 11.2. The zero-order chi connectivity index (χ0) is 23.0. The third-order valence-electron chi connectivity index (χ3n) is 6.16. The fourth-order valence-electron chi connectivity index (χ4n) is 4.51. The molecule has 0 saturated heterocycles. The molecule has 1 aromatic heterocycles. The molecule has 0 amide bonds. The molecular weight excluding hydrogens is 428 g/mol. The molecule has 2 aliphatic rings. The van der Waals surface area contributed by atoms with E-state index < -0.39 is 6.29 Å². The zero-order valence-corrected chi connectivity index (χ0v) is 18.6. The van der Waals surface area contributed by atoms with E-state index in [9.17, 15) is 8.78 Å². The fraction of sp³-hybridized carbons (Fsp3) is 0.417. The summed E-state index contributed by atoms with van der Waals surface area (Å²) in [5, 5.41) is 8.02. The number of halogens is 2. The Kier molecular flexibility index (Phi) is 5.65. The number of fused-ring (bicyclic) bond motifs is 2. The molecule has 0 atom stereocenters. The standard InChI is InChI=1S/C24H27F2N5O2/c1-31(2)22-18-7-3-4-8-19(18)29-23(30-22)28-17-12-10-16(11-13-17)27-14-15-6-5-9-20-21(15)33-24(25,26)32-20/h3-9,16-17,27H,10-14H2,1-2H3,(H,28,29,30). The minimum atomic E-state index is -3.60. The maximum Gasteiger partial charge on any atom is 0.586 e. The quantitative estimate of drug-likeness (QED) is 0.566. The number of nitrogens with zero attached hydrogens (tertiary/aromatic N) is 3. The summed E-state index contributed by atoms with van der Waals surface area (Å²) in [7, 11) is 3.96. The molecular formula is C24H27F2N5O2. The van der Waals surface area contributed by atoms with Crippen molar-refractivity contribution < 1.29 is 18.3 Å². The van der Waals surface area contributed by atoms with Gasteiger partial charge in [-0.15, -0.1) is 8.78 Å². The molecule has 1 aliphatic heterocycles. The molecule has 1 saturated carbocycles. The van der Waals surface area contributed by atoms with Gasteiger partial charge in [-0.3, -0.25) is 0 Å². The predicted molar refractivity (Wildman–Crippen MR) is 123 cm³/mol. The summed E-state index contributed by atoms with van der Waals surface area (Å²) in [6.07, 6.45) is 0.271. The van der Waals surface area contributed by atoms with Crippen LogP contribution in [0.2, 0.25) is 0 Å². The van der Waals surface area contributed by atoms with E-state index in [0.29, 0.717) is 24.1 Å². The zero-order valence-electron chi connectivity index (χ0n) is 18.6. The molecule has 0 radical (unpaired) electrons. The number of alkyl halides is 2. The maximum atomic E-state index is 13.4. The lowest BCUT2D eigenvalue weighted by Gasteiger charge is -2.30. The van der Waals surface area contributed by atoms with Crippen molar-refractivity contribution in [2.45, 2.75) is 50.6 Å². The molecule has 1 fully saturated rings. The van der Waals surface area contributed by atoms with E-state index in [0.717, 1.165) is 42.4 Å². The van der Waals surface area contributed by atoms with Crippen LogP contribution in [-0.2, 0) is 6.54 Å². The van der Waals surface area contributed by atoms with Crippen LogP contribution in [0.25, 0.3) is 10.9 Å². The van der Waals surface area contributed by atoms with Crippen molar-refractivity contribution in [1.29, 1.82) is 0 Å². The van der Waals surface area contributed by atoms with E-state index in [2.05, 4.69) is 20.1 Å². The van der Waals surface area contributed by atoms with E-state index in [-0.39, 0.29) is 17.5 Å². The Morgan fingerprint density at radius 3 is 2.52 bits per heavy atom. The highest BCUT2D eigenvalue weighted by molar-refractivity contribution is 5.90. The van der Waals surface area contributed by atoms with Crippen LogP contribution >= 0.6 is 0 Å². The van der Waals surface area contributed by atoms with Gasteiger partial charge in [0.2, 0.25) is 5.95 Å². The molecule has 0 unspecified atom stereocenters. The van der Waals surface area contributed by atoms with Gasteiger partial charge in [0.25, 0.3) is 0 Å². The summed E-state index contributed by atoms with van der Waals surface area (Å²) in [5.41, 5.74) is 1.59. The van der Waals surface area contributed by atoms with Gasteiger partial charge in [-0.1, -0.05) is 24.3 Å². The number of para-hydroxylation sites is 2. The van der Waals surface area contributed by atoms with E-state index in [1.54, 1.807) is 12.1 Å². The molecule has 1 aliphatic carbocycles. The topological polar surface area (TPSA) is 71.5 Å². The van der Waals surface area contributed by atoms with Crippen LogP contribution in [0.1, 0.15) is 31.2 Å². The van der Waals surface area contributed by atoms with Gasteiger partial charge in [0.15, 0.2) is 11.5 Å². The highest BCUT2D eigenvalue weighted by atomic mass is 19.3. The van der Waals surface area contributed by atoms with Gasteiger partial charge in [0, 0.05) is 43.7 Å². The number of ether oxygens (including phenoxy) is 2. The molecule has 0 spiro atoms. The van der Waals surface area contributed by atoms with E-state index in [1.807, 2.05) is 43.3 Å². The van der Waals surface area contributed by atoms with Gasteiger partial charge < -0.3 is 25.0 Å². The number of nitrogens with one attached hydrogen (secondary N) is 2. The molecule has 174 valence electrons. The number of hydrogen-bond acceptors (Lipinski definition) is 7. The number of aromatic nitrogens is 2. The van der Waals surface area contributed by atoms with Gasteiger partial charge >= 0.3 is 6.29 Å². The second-order valence-corrected chi connectivity index (χ2v) is 8.77. The minimum absolute atomic E-state index is 0.0830. The lowest BCUT2D eigenvalue weighted by atomic mass is 9.91.